The molecule has 2 saturated heterocycles. The highest BCUT2D eigenvalue weighted by atomic mass is 16.5. The lowest BCUT2D eigenvalue weighted by molar-refractivity contribution is -0.137. The molecule has 0 aliphatic carbocycles. The van der Waals surface area contributed by atoms with Crippen LogP contribution in [0.3, 0.4) is 0 Å². The molecule has 0 spiro atoms. The van der Waals surface area contributed by atoms with Crippen molar-refractivity contribution in [2.45, 2.75) is 70.2 Å². The molecule has 25 heavy (non-hydrogen) atoms. The number of carboxylic acid groups (broad SMARTS) is 1. The molecule has 0 aromatic heterocycles. The summed E-state index contributed by atoms with van der Waals surface area (Å²) in [6.07, 6.45) is 8.79. The van der Waals surface area contributed by atoms with Gasteiger partial charge in [-0.05, 0) is 37.2 Å². The highest BCUT2D eigenvalue weighted by Crippen LogP contribution is 2.45. The van der Waals surface area contributed by atoms with E-state index in [0.29, 0.717) is 37.1 Å². The van der Waals surface area contributed by atoms with E-state index in [0.717, 1.165) is 25.9 Å². The van der Waals surface area contributed by atoms with Crippen LogP contribution in [-0.4, -0.2) is 29.9 Å². The quantitative estimate of drug-likeness (QED) is 0.603. The van der Waals surface area contributed by atoms with Gasteiger partial charge in [-0.3, -0.25) is 4.79 Å². The first kappa shape index (κ1) is 18.4. The lowest BCUT2D eigenvalue weighted by Gasteiger charge is -2.28. The summed E-state index contributed by atoms with van der Waals surface area (Å²) in [5.41, 5.74) is 1.22. The molecule has 4 heteroatoms. The van der Waals surface area contributed by atoms with Gasteiger partial charge in [0.05, 0.1) is 25.4 Å². The van der Waals surface area contributed by atoms with Crippen LogP contribution in [0.5, 0.6) is 0 Å². The van der Waals surface area contributed by atoms with E-state index in [-0.39, 0.29) is 0 Å². The number of hydrogen-bond donors (Lipinski definition) is 1. The smallest absolute Gasteiger partial charge is 0.303 e. The third-order valence-corrected chi connectivity index (χ3v) is 5.69. The summed E-state index contributed by atoms with van der Waals surface area (Å²) in [4.78, 5) is 10.5. The average molecular weight is 346 g/mol. The molecule has 2 aliphatic rings. The van der Waals surface area contributed by atoms with Gasteiger partial charge in [0, 0.05) is 12.3 Å². The minimum atomic E-state index is -0.683. The van der Waals surface area contributed by atoms with Crippen LogP contribution in [-0.2, 0) is 20.9 Å². The van der Waals surface area contributed by atoms with Crippen LogP contribution < -0.4 is 0 Å². The van der Waals surface area contributed by atoms with Crippen molar-refractivity contribution in [3.8, 4) is 0 Å². The lowest BCUT2D eigenvalue weighted by Crippen LogP contribution is -2.30. The van der Waals surface area contributed by atoms with Crippen molar-refractivity contribution in [2.24, 2.45) is 11.8 Å². The molecule has 0 unspecified atom stereocenters. The molecular weight excluding hydrogens is 316 g/mol. The zero-order chi connectivity index (χ0) is 17.5. The Bertz CT molecular complexity index is 530. The molecule has 1 N–H and O–H groups in total. The van der Waals surface area contributed by atoms with Crippen molar-refractivity contribution in [1.82, 2.24) is 0 Å². The normalized spacial score (nSPS) is 27.7. The van der Waals surface area contributed by atoms with E-state index in [1.54, 1.807) is 0 Å². The number of carbonyl (C=O) groups is 1. The minimum Gasteiger partial charge on any atom is -0.481 e. The molecular formula is C21H30O4. The van der Waals surface area contributed by atoms with E-state index in [9.17, 15) is 4.79 Å². The molecule has 0 amide bonds. The summed E-state index contributed by atoms with van der Waals surface area (Å²) in [5, 5.41) is 8.68. The fourth-order valence-corrected chi connectivity index (χ4v) is 4.40. The van der Waals surface area contributed by atoms with Crippen molar-refractivity contribution in [1.29, 1.82) is 0 Å². The molecule has 3 rings (SSSR count). The summed E-state index contributed by atoms with van der Waals surface area (Å²) >= 11 is 0. The first-order valence-corrected chi connectivity index (χ1v) is 9.73. The van der Waals surface area contributed by atoms with Crippen LogP contribution in [0.4, 0.5) is 0 Å². The van der Waals surface area contributed by atoms with Crippen molar-refractivity contribution in [2.75, 3.05) is 6.61 Å². The SMILES string of the molecule is O=C(O)CCCCCC[C@H]1[C@@H](COCc2ccccc2)[C@H]2CC[C@@H]1O2. The summed E-state index contributed by atoms with van der Waals surface area (Å²) in [6.45, 7) is 1.47. The number of rotatable bonds is 11. The first-order chi connectivity index (χ1) is 12.2. The molecule has 2 fully saturated rings. The number of fused-ring (bicyclic) bond motifs is 2. The minimum absolute atomic E-state index is 0.299. The lowest BCUT2D eigenvalue weighted by atomic mass is 9.77. The zero-order valence-electron chi connectivity index (χ0n) is 14.9. The number of hydrogen-bond acceptors (Lipinski definition) is 3. The Kier molecular flexibility index (Phi) is 6.88. The van der Waals surface area contributed by atoms with E-state index in [1.165, 1.54) is 31.2 Å². The number of aliphatic carboxylic acids is 1. The monoisotopic (exact) mass is 346 g/mol. The molecule has 2 bridgehead atoms. The third-order valence-electron chi connectivity index (χ3n) is 5.69. The second-order valence-corrected chi connectivity index (χ2v) is 7.47. The Morgan fingerprint density at radius 1 is 1.04 bits per heavy atom. The highest BCUT2D eigenvalue weighted by molar-refractivity contribution is 5.66. The predicted octanol–water partition coefficient (Wildman–Crippen LogP) is 4.42. The fraction of sp³-hybridized carbons (Fsp3) is 0.667. The van der Waals surface area contributed by atoms with Gasteiger partial charge >= 0.3 is 5.97 Å². The van der Waals surface area contributed by atoms with Crippen molar-refractivity contribution in [3.63, 3.8) is 0 Å². The molecule has 2 aliphatic heterocycles. The molecule has 1 aromatic rings. The Balaban J connectivity index is 1.38. The second kappa shape index (κ2) is 9.35. The van der Waals surface area contributed by atoms with Gasteiger partial charge in [-0.15, -0.1) is 0 Å². The van der Waals surface area contributed by atoms with Crippen LogP contribution in [0.1, 0.15) is 56.9 Å². The third kappa shape index (κ3) is 5.29. The Morgan fingerprint density at radius 2 is 1.76 bits per heavy atom. The predicted molar refractivity (Wildman–Crippen MR) is 96.3 cm³/mol. The maximum absolute atomic E-state index is 10.5. The second-order valence-electron chi connectivity index (χ2n) is 7.47. The van der Waals surface area contributed by atoms with Crippen LogP contribution >= 0.6 is 0 Å². The van der Waals surface area contributed by atoms with E-state index in [1.807, 2.05) is 18.2 Å². The van der Waals surface area contributed by atoms with E-state index < -0.39 is 5.97 Å². The number of benzene rings is 1. The van der Waals surface area contributed by atoms with Gasteiger partial charge in [0.2, 0.25) is 0 Å². The molecule has 4 atom stereocenters. The van der Waals surface area contributed by atoms with E-state index in [2.05, 4.69) is 12.1 Å². The fourth-order valence-electron chi connectivity index (χ4n) is 4.40. The van der Waals surface area contributed by atoms with Gasteiger partial charge in [-0.2, -0.15) is 0 Å². The highest BCUT2D eigenvalue weighted by Gasteiger charge is 2.48. The first-order valence-electron chi connectivity index (χ1n) is 9.73. The van der Waals surface area contributed by atoms with Gasteiger partial charge < -0.3 is 14.6 Å². The molecule has 0 saturated carbocycles. The van der Waals surface area contributed by atoms with E-state index >= 15 is 0 Å². The topological polar surface area (TPSA) is 55.8 Å². The number of carboxylic acids is 1. The Morgan fingerprint density at radius 3 is 2.52 bits per heavy atom. The van der Waals surface area contributed by atoms with Gasteiger partial charge in [-0.25, -0.2) is 0 Å². The van der Waals surface area contributed by atoms with Crippen LogP contribution in [0.2, 0.25) is 0 Å². The van der Waals surface area contributed by atoms with Crippen LogP contribution in [0.25, 0.3) is 0 Å². The summed E-state index contributed by atoms with van der Waals surface area (Å²) in [5.74, 6) is 0.465. The van der Waals surface area contributed by atoms with E-state index in [4.69, 9.17) is 14.6 Å². The largest absolute Gasteiger partial charge is 0.481 e. The van der Waals surface area contributed by atoms with Crippen molar-refractivity contribution in [3.05, 3.63) is 35.9 Å². The molecule has 4 nitrogen and oxygen atoms in total. The summed E-state index contributed by atoms with van der Waals surface area (Å²) in [7, 11) is 0. The summed E-state index contributed by atoms with van der Waals surface area (Å²) < 4.78 is 12.2. The van der Waals surface area contributed by atoms with Gasteiger partial charge in [0.15, 0.2) is 0 Å². The van der Waals surface area contributed by atoms with Gasteiger partial charge in [-0.1, -0.05) is 49.6 Å². The molecule has 1 aromatic carbocycles. The standard InChI is InChI=1S/C21H30O4/c22-21(23)11-7-2-1-6-10-17-18(20-13-12-19(17)25-20)15-24-14-16-8-4-3-5-9-16/h3-5,8-9,17-20H,1-2,6-7,10-15H2,(H,22,23)/t17-,18+,19-,20+/m0/s1. The van der Waals surface area contributed by atoms with Gasteiger partial charge in [0.25, 0.3) is 0 Å². The average Bonchev–Trinajstić information content (AvgIpc) is 3.21. The maximum atomic E-state index is 10.5. The van der Waals surface area contributed by atoms with Gasteiger partial charge in [0.1, 0.15) is 0 Å². The number of ether oxygens (including phenoxy) is 2. The van der Waals surface area contributed by atoms with Crippen molar-refractivity contribution >= 4 is 5.97 Å². The molecule has 2 heterocycles. The molecule has 138 valence electrons. The zero-order valence-corrected chi connectivity index (χ0v) is 14.9. The van der Waals surface area contributed by atoms with Crippen molar-refractivity contribution < 1.29 is 19.4 Å². The summed E-state index contributed by atoms with van der Waals surface area (Å²) in [6, 6.07) is 10.3. The van der Waals surface area contributed by atoms with Crippen LogP contribution in [0.15, 0.2) is 30.3 Å². The maximum Gasteiger partial charge on any atom is 0.303 e. The van der Waals surface area contributed by atoms with Crippen LogP contribution in [0, 0.1) is 11.8 Å². The Labute approximate surface area is 150 Å². The molecule has 0 radical (unpaired) electrons. The Hall–Kier alpha value is -1.39. The number of unbranched alkanes of at least 4 members (excludes halogenated alkanes) is 3.